The lowest BCUT2D eigenvalue weighted by Gasteiger charge is -1.93. The van der Waals surface area contributed by atoms with Crippen LogP contribution in [0.4, 0.5) is 0 Å². The summed E-state index contributed by atoms with van der Waals surface area (Å²) in [6.07, 6.45) is 5.30. The van der Waals surface area contributed by atoms with Crippen LogP contribution in [0.25, 0.3) is 0 Å². The van der Waals surface area contributed by atoms with E-state index in [4.69, 9.17) is 5.21 Å². The number of rotatable bonds is 3. The van der Waals surface area contributed by atoms with Crippen LogP contribution in [0.2, 0.25) is 0 Å². The zero-order chi connectivity index (χ0) is 7.11. The van der Waals surface area contributed by atoms with Gasteiger partial charge in [-0.1, -0.05) is 24.6 Å². The number of nitrogens with zero attached hydrogens (tertiary/aromatic N) is 1. The first-order valence-corrected chi connectivity index (χ1v) is 3.20. The van der Waals surface area contributed by atoms with E-state index in [0.29, 0.717) is 0 Å². The van der Waals surface area contributed by atoms with Crippen LogP contribution >= 0.6 is 0 Å². The number of oxime groups is 1. The van der Waals surface area contributed by atoms with Gasteiger partial charge >= 0.3 is 0 Å². The molecule has 0 aliphatic rings. The van der Waals surface area contributed by atoms with Gasteiger partial charge in [-0.05, 0) is 18.9 Å². The molecule has 1 N–H and O–H groups in total. The van der Waals surface area contributed by atoms with Crippen molar-refractivity contribution in [3.63, 3.8) is 0 Å². The van der Waals surface area contributed by atoms with E-state index < -0.39 is 0 Å². The Morgan fingerprint density at radius 3 is 2.33 bits per heavy atom. The smallest absolute Gasteiger partial charge is 0.0661 e. The summed E-state index contributed by atoms with van der Waals surface area (Å²) >= 11 is 0. The highest BCUT2D eigenvalue weighted by molar-refractivity contribution is 5.71. The van der Waals surface area contributed by atoms with E-state index in [-0.39, 0.29) is 0 Å². The van der Waals surface area contributed by atoms with E-state index in [1.165, 1.54) is 11.8 Å². The highest BCUT2D eigenvalue weighted by Gasteiger charge is 1.84. The topological polar surface area (TPSA) is 32.6 Å². The van der Waals surface area contributed by atoms with Crippen LogP contribution in [-0.2, 0) is 0 Å². The predicted octanol–water partition coefficient (Wildman–Crippen LogP) is 2.19. The quantitative estimate of drug-likeness (QED) is 0.352. The SMILES string of the molecule is CCC(=C/C=N/O)CC. The molecule has 0 atom stereocenters. The third kappa shape index (κ3) is 3.76. The van der Waals surface area contributed by atoms with E-state index in [1.54, 1.807) is 0 Å². The lowest BCUT2D eigenvalue weighted by Crippen LogP contribution is -1.77. The normalized spacial score (nSPS) is 10.0. The fourth-order valence-electron chi connectivity index (χ4n) is 0.624. The molecule has 2 nitrogen and oxygen atoms in total. The molecule has 0 rings (SSSR count). The Hall–Kier alpha value is -0.790. The lowest BCUT2D eigenvalue weighted by molar-refractivity contribution is 0.322. The van der Waals surface area contributed by atoms with Crippen LogP contribution < -0.4 is 0 Å². The maximum Gasteiger partial charge on any atom is 0.0661 e. The molecule has 9 heavy (non-hydrogen) atoms. The molecule has 0 unspecified atom stereocenters. The molecule has 0 aromatic carbocycles. The average molecular weight is 127 g/mol. The molecule has 0 aromatic heterocycles. The Labute approximate surface area is 55.9 Å². The van der Waals surface area contributed by atoms with Gasteiger partial charge in [0.1, 0.15) is 0 Å². The summed E-state index contributed by atoms with van der Waals surface area (Å²) in [4.78, 5) is 0. The molecular formula is C7H13NO. The van der Waals surface area contributed by atoms with Gasteiger partial charge in [0.05, 0.1) is 6.21 Å². The molecule has 52 valence electrons. The van der Waals surface area contributed by atoms with Gasteiger partial charge in [-0.2, -0.15) is 0 Å². The van der Waals surface area contributed by atoms with Crippen molar-refractivity contribution < 1.29 is 5.21 Å². The van der Waals surface area contributed by atoms with Crippen molar-refractivity contribution in [1.29, 1.82) is 0 Å². The molecular weight excluding hydrogens is 114 g/mol. The summed E-state index contributed by atoms with van der Waals surface area (Å²) in [5, 5.41) is 10.9. The van der Waals surface area contributed by atoms with Gasteiger partial charge in [-0.15, -0.1) is 0 Å². The van der Waals surface area contributed by atoms with E-state index >= 15 is 0 Å². The first-order valence-electron chi connectivity index (χ1n) is 3.20. The average Bonchev–Trinajstić information content (AvgIpc) is 1.91. The second-order valence-electron chi connectivity index (χ2n) is 1.80. The second-order valence-corrected chi connectivity index (χ2v) is 1.80. The lowest BCUT2D eigenvalue weighted by atomic mass is 10.1. The Kier molecular flexibility index (Phi) is 4.88. The molecule has 0 heterocycles. The first kappa shape index (κ1) is 8.21. The van der Waals surface area contributed by atoms with Crippen molar-refractivity contribution in [1.82, 2.24) is 0 Å². The summed E-state index contributed by atoms with van der Waals surface area (Å²) in [6.45, 7) is 4.17. The van der Waals surface area contributed by atoms with Crippen molar-refractivity contribution in [3.05, 3.63) is 11.6 Å². The van der Waals surface area contributed by atoms with Crippen LogP contribution in [0.3, 0.4) is 0 Å². The maximum atomic E-state index is 8.03. The van der Waals surface area contributed by atoms with Crippen LogP contribution in [-0.4, -0.2) is 11.4 Å². The molecule has 0 spiro atoms. The predicted molar refractivity (Wildman–Crippen MR) is 38.9 cm³/mol. The summed E-state index contributed by atoms with van der Waals surface area (Å²) in [7, 11) is 0. The molecule has 0 aromatic rings. The van der Waals surface area contributed by atoms with Crippen LogP contribution in [0.15, 0.2) is 16.8 Å². The fourth-order valence-corrected chi connectivity index (χ4v) is 0.624. The van der Waals surface area contributed by atoms with Crippen LogP contribution in [0.1, 0.15) is 26.7 Å². The monoisotopic (exact) mass is 127 g/mol. The van der Waals surface area contributed by atoms with E-state index in [2.05, 4.69) is 19.0 Å². The third-order valence-electron chi connectivity index (χ3n) is 1.29. The third-order valence-corrected chi connectivity index (χ3v) is 1.29. The Morgan fingerprint density at radius 2 is 2.00 bits per heavy atom. The molecule has 0 amide bonds. The highest BCUT2D eigenvalue weighted by atomic mass is 16.4. The molecule has 0 saturated carbocycles. The van der Waals surface area contributed by atoms with E-state index in [9.17, 15) is 0 Å². The van der Waals surface area contributed by atoms with Gasteiger partial charge in [0.15, 0.2) is 0 Å². The Balaban J connectivity index is 3.75. The maximum absolute atomic E-state index is 8.03. The van der Waals surface area contributed by atoms with Crippen molar-refractivity contribution >= 4 is 6.21 Å². The van der Waals surface area contributed by atoms with Gasteiger partial charge in [-0.25, -0.2) is 0 Å². The molecule has 2 heteroatoms. The number of allylic oxidation sites excluding steroid dienone is 2. The minimum atomic E-state index is 1.03. The van der Waals surface area contributed by atoms with Crippen LogP contribution in [0.5, 0.6) is 0 Å². The van der Waals surface area contributed by atoms with E-state index in [1.807, 2.05) is 6.08 Å². The molecule has 0 bridgehead atoms. The van der Waals surface area contributed by atoms with Gasteiger partial charge < -0.3 is 5.21 Å². The largest absolute Gasteiger partial charge is 0.411 e. The van der Waals surface area contributed by atoms with Crippen molar-refractivity contribution in [2.75, 3.05) is 0 Å². The fraction of sp³-hybridized carbons (Fsp3) is 0.571. The Bertz CT molecular complexity index is 110. The molecule has 0 aliphatic carbocycles. The minimum absolute atomic E-state index is 1.03. The summed E-state index contributed by atoms with van der Waals surface area (Å²) < 4.78 is 0. The standard InChI is InChI=1S/C7H13NO/c1-3-7(4-2)5-6-8-9/h5-6,9H,3-4H2,1-2H3/b8-6+. The second kappa shape index (κ2) is 5.35. The van der Waals surface area contributed by atoms with Crippen molar-refractivity contribution in [3.8, 4) is 0 Å². The Morgan fingerprint density at radius 1 is 1.44 bits per heavy atom. The molecule has 0 aliphatic heterocycles. The summed E-state index contributed by atoms with van der Waals surface area (Å²) in [5.74, 6) is 0. The number of hydrogen-bond acceptors (Lipinski definition) is 2. The zero-order valence-corrected chi connectivity index (χ0v) is 5.96. The first-order chi connectivity index (χ1) is 4.35. The van der Waals surface area contributed by atoms with Crippen molar-refractivity contribution in [2.45, 2.75) is 26.7 Å². The highest BCUT2D eigenvalue weighted by Crippen LogP contribution is 2.02. The minimum Gasteiger partial charge on any atom is -0.411 e. The van der Waals surface area contributed by atoms with Gasteiger partial charge in [-0.3, -0.25) is 0 Å². The molecule has 0 fully saturated rings. The zero-order valence-electron chi connectivity index (χ0n) is 5.96. The van der Waals surface area contributed by atoms with Crippen molar-refractivity contribution in [2.24, 2.45) is 5.16 Å². The summed E-state index contributed by atoms with van der Waals surface area (Å²) in [5.41, 5.74) is 1.30. The molecule has 0 saturated heterocycles. The molecule has 0 radical (unpaired) electrons. The van der Waals surface area contributed by atoms with Gasteiger partial charge in [0.2, 0.25) is 0 Å². The van der Waals surface area contributed by atoms with Gasteiger partial charge in [0, 0.05) is 0 Å². The van der Waals surface area contributed by atoms with E-state index in [0.717, 1.165) is 12.8 Å². The summed E-state index contributed by atoms with van der Waals surface area (Å²) in [6, 6.07) is 0. The number of hydrogen-bond donors (Lipinski definition) is 1. The van der Waals surface area contributed by atoms with Crippen LogP contribution in [0, 0.1) is 0 Å². The van der Waals surface area contributed by atoms with Gasteiger partial charge in [0.25, 0.3) is 0 Å².